The second-order valence-corrected chi connectivity index (χ2v) is 7.79. The van der Waals surface area contributed by atoms with Crippen LogP contribution in [-0.2, 0) is 22.4 Å². The van der Waals surface area contributed by atoms with Crippen molar-refractivity contribution in [3.8, 4) is 0 Å². The van der Waals surface area contributed by atoms with Crippen molar-refractivity contribution in [3.05, 3.63) is 63.6 Å². The molecule has 2 N–H and O–H groups in total. The first-order chi connectivity index (χ1) is 12.3. The molecule has 5 heteroatoms. The third-order valence-electron chi connectivity index (χ3n) is 3.94. The second kappa shape index (κ2) is 9.53. The highest BCUT2D eigenvalue weighted by atomic mass is 79.9. The Bertz CT molecular complexity index is 770. The Hall–Kier alpha value is -2.14. The number of benzene rings is 2. The molecule has 0 aliphatic heterocycles. The number of hydrogen-bond acceptors (Lipinski definition) is 2. The van der Waals surface area contributed by atoms with E-state index in [1.807, 2.05) is 37.3 Å². The minimum absolute atomic E-state index is 0.0419. The second-order valence-electron chi connectivity index (χ2n) is 6.88. The fourth-order valence-electron chi connectivity index (χ4n) is 2.65. The Kier molecular flexibility index (Phi) is 7.39. The first kappa shape index (κ1) is 20.2. The molecule has 0 saturated carbocycles. The van der Waals surface area contributed by atoms with Gasteiger partial charge in [-0.05, 0) is 54.2 Å². The zero-order valence-electron chi connectivity index (χ0n) is 15.4. The van der Waals surface area contributed by atoms with Crippen molar-refractivity contribution in [2.24, 2.45) is 5.92 Å². The van der Waals surface area contributed by atoms with Gasteiger partial charge in [-0.1, -0.05) is 54.0 Å². The van der Waals surface area contributed by atoms with Crippen molar-refractivity contribution in [3.63, 3.8) is 0 Å². The molecule has 0 atom stereocenters. The number of halogens is 1. The van der Waals surface area contributed by atoms with E-state index in [2.05, 4.69) is 52.5 Å². The van der Waals surface area contributed by atoms with Gasteiger partial charge in [-0.2, -0.15) is 0 Å². The van der Waals surface area contributed by atoms with Crippen molar-refractivity contribution in [1.82, 2.24) is 5.32 Å². The van der Waals surface area contributed by atoms with Crippen LogP contribution in [0.4, 0.5) is 5.69 Å². The van der Waals surface area contributed by atoms with Crippen LogP contribution in [0.2, 0.25) is 0 Å². The molecule has 2 rings (SSSR count). The Balaban J connectivity index is 1.79. The molecule has 2 amide bonds. The SMILES string of the molecule is Cc1cc(Br)ccc1NC(=O)CNC(=O)Cc1ccc(CC(C)C)cc1. The Morgan fingerprint density at radius 1 is 1.00 bits per heavy atom. The van der Waals surface area contributed by atoms with E-state index in [-0.39, 0.29) is 24.8 Å². The predicted molar refractivity (Wildman–Crippen MR) is 109 cm³/mol. The van der Waals surface area contributed by atoms with Gasteiger partial charge in [0.15, 0.2) is 0 Å². The lowest BCUT2D eigenvalue weighted by Crippen LogP contribution is -2.33. The Morgan fingerprint density at radius 3 is 2.27 bits per heavy atom. The lowest BCUT2D eigenvalue weighted by Gasteiger charge is -2.10. The fraction of sp³-hybridized carbons (Fsp3) is 0.333. The van der Waals surface area contributed by atoms with E-state index in [0.29, 0.717) is 5.92 Å². The van der Waals surface area contributed by atoms with Crippen molar-refractivity contribution in [1.29, 1.82) is 0 Å². The molecule has 0 bridgehead atoms. The van der Waals surface area contributed by atoms with Crippen LogP contribution in [-0.4, -0.2) is 18.4 Å². The molecule has 0 aliphatic rings. The average Bonchev–Trinajstić information content (AvgIpc) is 2.57. The molecule has 0 heterocycles. The van der Waals surface area contributed by atoms with Gasteiger partial charge in [0.2, 0.25) is 11.8 Å². The number of carbonyl (C=O) groups excluding carboxylic acids is 2. The lowest BCUT2D eigenvalue weighted by molar-refractivity contribution is -0.123. The lowest BCUT2D eigenvalue weighted by atomic mass is 10.0. The summed E-state index contributed by atoms with van der Waals surface area (Å²) in [6, 6.07) is 13.7. The maximum absolute atomic E-state index is 12.0. The molecule has 0 aromatic heterocycles. The van der Waals surface area contributed by atoms with Gasteiger partial charge in [0, 0.05) is 10.2 Å². The zero-order chi connectivity index (χ0) is 19.1. The van der Waals surface area contributed by atoms with Gasteiger partial charge in [0.25, 0.3) is 0 Å². The zero-order valence-corrected chi connectivity index (χ0v) is 17.0. The quantitative estimate of drug-likeness (QED) is 0.708. The van der Waals surface area contributed by atoms with Crippen molar-refractivity contribution < 1.29 is 9.59 Å². The van der Waals surface area contributed by atoms with E-state index in [4.69, 9.17) is 0 Å². The van der Waals surface area contributed by atoms with E-state index in [9.17, 15) is 9.59 Å². The highest BCUT2D eigenvalue weighted by molar-refractivity contribution is 9.10. The number of rotatable bonds is 7. The molecular weight excluding hydrogens is 392 g/mol. The van der Waals surface area contributed by atoms with Gasteiger partial charge in [-0.15, -0.1) is 0 Å². The normalized spacial score (nSPS) is 10.7. The van der Waals surface area contributed by atoms with E-state index in [1.54, 1.807) is 0 Å². The van der Waals surface area contributed by atoms with E-state index >= 15 is 0 Å². The van der Waals surface area contributed by atoms with E-state index < -0.39 is 0 Å². The minimum atomic E-state index is -0.240. The van der Waals surface area contributed by atoms with E-state index in [0.717, 1.165) is 27.7 Å². The van der Waals surface area contributed by atoms with Gasteiger partial charge in [0.05, 0.1) is 13.0 Å². The molecule has 26 heavy (non-hydrogen) atoms. The summed E-state index contributed by atoms with van der Waals surface area (Å²) in [6.07, 6.45) is 1.30. The average molecular weight is 417 g/mol. The molecule has 0 fully saturated rings. The van der Waals surface area contributed by atoms with Crippen LogP contribution in [0.3, 0.4) is 0 Å². The maximum atomic E-state index is 12.0. The van der Waals surface area contributed by atoms with Crippen LogP contribution in [0.15, 0.2) is 46.9 Å². The highest BCUT2D eigenvalue weighted by Gasteiger charge is 2.09. The molecular formula is C21H25BrN2O2. The number of carbonyl (C=O) groups is 2. The van der Waals surface area contributed by atoms with Crippen LogP contribution in [0.25, 0.3) is 0 Å². The molecule has 138 valence electrons. The third-order valence-corrected chi connectivity index (χ3v) is 4.43. The number of amides is 2. The minimum Gasteiger partial charge on any atom is -0.347 e. The summed E-state index contributed by atoms with van der Waals surface area (Å²) < 4.78 is 0.959. The molecule has 0 radical (unpaired) electrons. The Labute approximate surface area is 163 Å². The number of nitrogens with one attached hydrogen (secondary N) is 2. The van der Waals surface area contributed by atoms with Gasteiger partial charge < -0.3 is 10.6 Å². The molecule has 0 spiro atoms. The summed E-state index contributed by atoms with van der Waals surface area (Å²) in [5.74, 6) is 0.206. The monoisotopic (exact) mass is 416 g/mol. The largest absolute Gasteiger partial charge is 0.347 e. The van der Waals surface area contributed by atoms with Gasteiger partial charge in [-0.25, -0.2) is 0 Å². The number of aryl methyl sites for hydroxylation is 1. The summed E-state index contributed by atoms with van der Waals surface area (Å²) in [6.45, 7) is 6.24. The smallest absolute Gasteiger partial charge is 0.243 e. The van der Waals surface area contributed by atoms with Gasteiger partial charge >= 0.3 is 0 Å². The molecule has 2 aromatic carbocycles. The van der Waals surface area contributed by atoms with Crippen LogP contribution >= 0.6 is 15.9 Å². The molecule has 2 aromatic rings. The topological polar surface area (TPSA) is 58.2 Å². The summed E-state index contributed by atoms with van der Waals surface area (Å²) in [4.78, 5) is 24.1. The maximum Gasteiger partial charge on any atom is 0.243 e. The van der Waals surface area contributed by atoms with Crippen molar-refractivity contribution in [2.75, 3.05) is 11.9 Å². The predicted octanol–water partition coefficient (Wildman–Crippen LogP) is 4.25. The summed E-state index contributed by atoms with van der Waals surface area (Å²) in [5, 5.41) is 5.48. The molecule has 4 nitrogen and oxygen atoms in total. The highest BCUT2D eigenvalue weighted by Crippen LogP contribution is 2.19. The standard InChI is InChI=1S/C21H25BrN2O2/c1-14(2)10-16-4-6-17(7-5-16)12-20(25)23-13-21(26)24-19-9-8-18(22)11-15(19)3/h4-9,11,14H,10,12-13H2,1-3H3,(H,23,25)(H,24,26). The van der Waals surface area contributed by atoms with Crippen LogP contribution in [0.5, 0.6) is 0 Å². The first-order valence-electron chi connectivity index (χ1n) is 8.74. The molecule has 0 saturated heterocycles. The molecule has 0 unspecified atom stereocenters. The Morgan fingerprint density at radius 2 is 1.65 bits per heavy atom. The van der Waals surface area contributed by atoms with Crippen LogP contribution < -0.4 is 10.6 Å². The molecule has 0 aliphatic carbocycles. The van der Waals surface area contributed by atoms with Crippen LogP contribution in [0.1, 0.15) is 30.5 Å². The van der Waals surface area contributed by atoms with Gasteiger partial charge in [-0.3, -0.25) is 9.59 Å². The first-order valence-corrected chi connectivity index (χ1v) is 9.53. The van der Waals surface area contributed by atoms with Crippen molar-refractivity contribution >= 4 is 33.4 Å². The number of hydrogen-bond donors (Lipinski definition) is 2. The fourth-order valence-corrected chi connectivity index (χ4v) is 3.13. The van der Waals surface area contributed by atoms with Crippen LogP contribution in [0, 0.1) is 12.8 Å². The summed E-state index contributed by atoms with van der Waals surface area (Å²) in [5.41, 5.74) is 3.92. The summed E-state index contributed by atoms with van der Waals surface area (Å²) >= 11 is 3.39. The van der Waals surface area contributed by atoms with Crippen molar-refractivity contribution in [2.45, 2.75) is 33.6 Å². The third kappa shape index (κ3) is 6.64. The van der Waals surface area contributed by atoms with Gasteiger partial charge in [0.1, 0.15) is 0 Å². The van der Waals surface area contributed by atoms with E-state index in [1.165, 1.54) is 5.56 Å². The number of anilines is 1. The summed E-state index contributed by atoms with van der Waals surface area (Å²) in [7, 11) is 0.